The van der Waals surface area contributed by atoms with Gasteiger partial charge in [-0.25, -0.2) is 0 Å². The zero-order chi connectivity index (χ0) is 15.9. The topological polar surface area (TPSA) is 38.7 Å². The van der Waals surface area contributed by atoms with E-state index in [1.165, 1.54) is 0 Å². The summed E-state index contributed by atoms with van der Waals surface area (Å²) in [5.41, 5.74) is -1.61. The maximum Gasteiger partial charge on any atom is 0.178 e. The Hall–Kier alpha value is -0.740. The van der Waals surface area contributed by atoms with Crippen molar-refractivity contribution in [1.29, 1.82) is 0 Å². The Morgan fingerprint density at radius 3 is 2.00 bits per heavy atom. The summed E-state index contributed by atoms with van der Waals surface area (Å²) in [4.78, 5) is 0.888. The van der Waals surface area contributed by atoms with Crippen LogP contribution >= 0.6 is 11.3 Å². The van der Waals surface area contributed by atoms with Crippen LogP contribution in [0.5, 0.6) is 11.5 Å². The standard InChI is InChI=1S/C17H28O3S/c1-15(2,3)17(18,16(4,5)6)14-13-12(11-21-14)19-9-7-8-10-20-13/h11,18H,7-10H2,1-6H3. The van der Waals surface area contributed by atoms with Gasteiger partial charge in [0.15, 0.2) is 11.5 Å². The number of hydrogen-bond donors (Lipinski definition) is 1. The predicted octanol–water partition coefficient (Wildman–Crippen LogP) is 4.58. The van der Waals surface area contributed by atoms with Crippen molar-refractivity contribution in [2.75, 3.05) is 13.2 Å². The van der Waals surface area contributed by atoms with Gasteiger partial charge in [0.25, 0.3) is 0 Å². The SMILES string of the molecule is CC(C)(C)C(O)(c1scc2c1OCCCCO2)C(C)(C)C. The van der Waals surface area contributed by atoms with Crippen molar-refractivity contribution in [3.8, 4) is 11.5 Å². The lowest BCUT2D eigenvalue weighted by molar-refractivity contribution is -0.143. The minimum Gasteiger partial charge on any atom is -0.489 e. The van der Waals surface area contributed by atoms with Gasteiger partial charge in [-0.05, 0) is 23.7 Å². The van der Waals surface area contributed by atoms with Crippen molar-refractivity contribution in [1.82, 2.24) is 0 Å². The van der Waals surface area contributed by atoms with Crippen LogP contribution in [0.1, 0.15) is 59.3 Å². The molecule has 2 heterocycles. The van der Waals surface area contributed by atoms with Gasteiger partial charge in [-0.3, -0.25) is 0 Å². The first-order valence-corrected chi connectivity index (χ1v) is 8.57. The van der Waals surface area contributed by atoms with Gasteiger partial charge in [0.2, 0.25) is 0 Å². The number of thiophene rings is 1. The smallest absolute Gasteiger partial charge is 0.178 e. The van der Waals surface area contributed by atoms with E-state index in [4.69, 9.17) is 9.47 Å². The molecule has 1 aliphatic rings. The minimum atomic E-state index is -0.985. The first kappa shape index (κ1) is 16.6. The summed E-state index contributed by atoms with van der Waals surface area (Å²) in [7, 11) is 0. The second-order valence-corrected chi connectivity index (χ2v) is 8.75. The zero-order valence-electron chi connectivity index (χ0n) is 14.1. The van der Waals surface area contributed by atoms with Gasteiger partial charge in [-0.15, -0.1) is 11.3 Å². The third-order valence-corrected chi connectivity index (χ3v) is 5.30. The molecule has 1 aliphatic heterocycles. The molecule has 0 aromatic carbocycles. The number of ether oxygens (including phenoxy) is 2. The van der Waals surface area contributed by atoms with Gasteiger partial charge in [0.05, 0.1) is 18.1 Å². The highest BCUT2D eigenvalue weighted by molar-refractivity contribution is 7.10. The van der Waals surface area contributed by atoms with Crippen molar-refractivity contribution in [3.05, 3.63) is 10.3 Å². The lowest BCUT2D eigenvalue weighted by atomic mass is 9.62. The molecule has 3 nitrogen and oxygen atoms in total. The number of hydrogen-bond acceptors (Lipinski definition) is 4. The Balaban J connectivity index is 2.57. The predicted molar refractivity (Wildman–Crippen MR) is 87.3 cm³/mol. The van der Waals surface area contributed by atoms with E-state index in [2.05, 4.69) is 41.5 Å². The summed E-state index contributed by atoms with van der Waals surface area (Å²) >= 11 is 1.54. The third kappa shape index (κ3) is 2.80. The van der Waals surface area contributed by atoms with E-state index in [0.29, 0.717) is 6.61 Å². The summed E-state index contributed by atoms with van der Waals surface area (Å²) in [6.07, 6.45) is 1.99. The molecule has 0 amide bonds. The molecule has 0 saturated heterocycles. The summed E-state index contributed by atoms with van der Waals surface area (Å²) in [6, 6.07) is 0. The zero-order valence-corrected chi connectivity index (χ0v) is 14.9. The van der Waals surface area contributed by atoms with E-state index < -0.39 is 5.60 Å². The quantitative estimate of drug-likeness (QED) is 0.825. The van der Waals surface area contributed by atoms with Gasteiger partial charge in [-0.1, -0.05) is 41.5 Å². The van der Waals surface area contributed by atoms with Gasteiger partial charge < -0.3 is 14.6 Å². The number of rotatable bonds is 1. The molecule has 0 unspecified atom stereocenters. The highest BCUT2D eigenvalue weighted by Gasteiger charge is 2.53. The summed E-state index contributed by atoms with van der Waals surface area (Å²) in [5, 5.41) is 13.6. The second kappa shape index (κ2) is 5.47. The summed E-state index contributed by atoms with van der Waals surface area (Å²) in [5.74, 6) is 1.52. The molecule has 0 fully saturated rings. The Labute approximate surface area is 132 Å². The molecule has 2 rings (SSSR count). The van der Waals surface area contributed by atoms with Crippen molar-refractivity contribution in [3.63, 3.8) is 0 Å². The molecule has 1 aromatic rings. The molecular weight excluding hydrogens is 284 g/mol. The summed E-state index contributed by atoms with van der Waals surface area (Å²) in [6.45, 7) is 13.9. The van der Waals surface area contributed by atoms with E-state index in [-0.39, 0.29) is 10.8 Å². The monoisotopic (exact) mass is 312 g/mol. The lowest BCUT2D eigenvalue weighted by Crippen LogP contribution is -2.50. The van der Waals surface area contributed by atoms with Crippen LogP contribution < -0.4 is 9.47 Å². The van der Waals surface area contributed by atoms with Crippen LogP contribution in [0, 0.1) is 10.8 Å². The van der Waals surface area contributed by atoms with E-state index in [1.807, 2.05) is 5.38 Å². The molecule has 1 aromatic heterocycles. The first-order chi connectivity index (χ1) is 9.59. The molecule has 0 spiro atoms. The van der Waals surface area contributed by atoms with Gasteiger partial charge in [0.1, 0.15) is 5.60 Å². The molecule has 1 N–H and O–H groups in total. The average molecular weight is 312 g/mol. The van der Waals surface area contributed by atoms with Gasteiger partial charge >= 0.3 is 0 Å². The van der Waals surface area contributed by atoms with Gasteiger partial charge in [0, 0.05) is 5.38 Å². The Morgan fingerprint density at radius 1 is 0.952 bits per heavy atom. The van der Waals surface area contributed by atoms with Crippen molar-refractivity contribution >= 4 is 11.3 Å². The highest BCUT2D eigenvalue weighted by Crippen LogP contribution is 2.57. The van der Waals surface area contributed by atoms with Crippen LogP contribution in [0.15, 0.2) is 5.38 Å². The molecule has 0 aliphatic carbocycles. The maximum atomic E-state index is 11.6. The Morgan fingerprint density at radius 2 is 1.48 bits per heavy atom. The highest BCUT2D eigenvalue weighted by atomic mass is 32.1. The Bertz CT molecular complexity index is 477. The van der Waals surface area contributed by atoms with Crippen LogP contribution in [0.4, 0.5) is 0 Å². The van der Waals surface area contributed by atoms with Crippen LogP contribution in [-0.2, 0) is 5.60 Å². The van der Waals surface area contributed by atoms with Crippen molar-refractivity contribution < 1.29 is 14.6 Å². The van der Waals surface area contributed by atoms with Crippen LogP contribution in [0.2, 0.25) is 0 Å². The normalized spacial score (nSPS) is 17.3. The average Bonchev–Trinajstić information content (AvgIpc) is 2.67. The van der Waals surface area contributed by atoms with E-state index in [1.54, 1.807) is 11.3 Å². The molecule has 0 bridgehead atoms. The molecule has 4 heteroatoms. The number of fused-ring (bicyclic) bond motifs is 1. The fraction of sp³-hybridized carbons (Fsp3) is 0.765. The molecule has 0 atom stereocenters. The van der Waals surface area contributed by atoms with E-state index in [0.717, 1.165) is 35.8 Å². The minimum absolute atomic E-state index is 0.310. The molecule has 120 valence electrons. The molecule has 0 saturated carbocycles. The third-order valence-electron chi connectivity index (χ3n) is 4.26. The Kier molecular flexibility index (Phi) is 4.33. The van der Waals surface area contributed by atoms with E-state index >= 15 is 0 Å². The van der Waals surface area contributed by atoms with E-state index in [9.17, 15) is 5.11 Å². The van der Waals surface area contributed by atoms with Crippen molar-refractivity contribution in [2.45, 2.75) is 60.0 Å². The largest absolute Gasteiger partial charge is 0.489 e. The molecule has 0 radical (unpaired) electrons. The molecule has 21 heavy (non-hydrogen) atoms. The van der Waals surface area contributed by atoms with Crippen LogP contribution in [-0.4, -0.2) is 18.3 Å². The number of aliphatic hydroxyl groups is 1. The van der Waals surface area contributed by atoms with Crippen LogP contribution in [0.3, 0.4) is 0 Å². The maximum absolute atomic E-state index is 11.6. The summed E-state index contributed by atoms with van der Waals surface area (Å²) < 4.78 is 11.8. The molecular formula is C17H28O3S. The second-order valence-electron chi connectivity index (χ2n) is 7.87. The lowest BCUT2D eigenvalue weighted by Gasteiger charge is -2.49. The van der Waals surface area contributed by atoms with Gasteiger partial charge in [-0.2, -0.15) is 0 Å². The van der Waals surface area contributed by atoms with Crippen LogP contribution in [0.25, 0.3) is 0 Å². The first-order valence-electron chi connectivity index (χ1n) is 7.69. The fourth-order valence-electron chi connectivity index (χ4n) is 3.18. The van der Waals surface area contributed by atoms with Crippen molar-refractivity contribution in [2.24, 2.45) is 10.8 Å². The fourth-order valence-corrected chi connectivity index (χ4v) is 4.63.